The Bertz CT molecular complexity index is 396. The molecule has 1 unspecified atom stereocenters. The van der Waals surface area contributed by atoms with E-state index in [9.17, 15) is 5.11 Å². The Balaban J connectivity index is 3.06. The fourth-order valence-electron chi connectivity index (χ4n) is 2.04. The summed E-state index contributed by atoms with van der Waals surface area (Å²) in [6.07, 6.45) is 3.23. The summed E-state index contributed by atoms with van der Waals surface area (Å²) in [5.74, 6) is 2.44. The molecule has 0 fully saturated rings. The lowest BCUT2D eigenvalue weighted by Crippen LogP contribution is -2.34. The molecule has 1 atom stereocenters. The average molecular weight is 282 g/mol. The van der Waals surface area contributed by atoms with Gasteiger partial charge in [0.05, 0.1) is 6.61 Å². The van der Waals surface area contributed by atoms with Crippen molar-refractivity contribution in [1.29, 1.82) is 0 Å². The van der Waals surface area contributed by atoms with E-state index in [2.05, 4.69) is 39.0 Å². The van der Waals surface area contributed by atoms with Crippen molar-refractivity contribution < 1.29 is 5.11 Å². The summed E-state index contributed by atoms with van der Waals surface area (Å²) in [6, 6.07) is 4.48. The number of pyridine rings is 1. The Kier molecular flexibility index (Phi) is 6.66. The van der Waals surface area contributed by atoms with Crippen LogP contribution in [-0.4, -0.2) is 35.2 Å². The molecule has 0 amide bonds. The number of nitrogens with zero attached hydrogens (tertiary/aromatic N) is 2. The highest BCUT2D eigenvalue weighted by Crippen LogP contribution is 2.22. The van der Waals surface area contributed by atoms with Gasteiger partial charge in [0.25, 0.3) is 0 Å². The van der Waals surface area contributed by atoms with Crippen LogP contribution in [0.5, 0.6) is 0 Å². The highest BCUT2D eigenvalue weighted by molar-refractivity contribution is 7.98. The largest absolute Gasteiger partial charge is 0.392 e. The van der Waals surface area contributed by atoms with E-state index >= 15 is 0 Å². The summed E-state index contributed by atoms with van der Waals surface area (Å²) < 4.78 is 0. The smallest absolute Gasteiger partial charge is 0.129 e. The van der Waals surface area contributed by atoms with Crippen molar-refractivity contribution in [3.63, 3.8) is 0 Å². The van der Waals surface area contributed by atoms with Crippen LogP contribution in [0.1, 0.15) is 44.4 Å². The first kappa shape index (κ1) is 16.3. The lowest BCUT2D eigenvalue weighted by molar-refractivity contribution is 0.281. The molecule has 19 heavy (non-hydrogen) atoms. The van der Waals surface area contributed by atoms with E-state index in [1.54, 1.807) is 0 Å². The highest BCUT2D eigenvalue weighted by Gasteiger charge is 2.16. The second kappa shape index (κ2) is 7.75. The number of aliphatic hydroxyl groups is 1. The van der Waals surface area contributed by atoms with Crippen molar-refractivity contribution in [3.05, 3.63) is 23.4 Å². The maximum Gasteiger partial charge on any atom is 0.129 e. The summed E-state index contributed by atoms with van der Waals surface area (Å²) in [6.45, 7) is 6.54. The summed E-state index contributed by atoms with van der Waals surface area (Å²) in [5.41, 5.74) is 1.99. The first-order valence-electron chi connectivity index (χ1n) is 6.86. The fourth-order valence-corrected chi connectivity index (χ4v) is 2.89. The van der Waals surface area contributed by atoms with Crippen molar-refractivity contribution in [2.45, 2.75) is 45.8 Å². The Hall–Kier alpha value is -0.740. The minimum absolute atomic E-state index is 0.0718. The zero-order valence-corrected chi connectivity index (χ0v) is 13.5. The molecule has 0 aliphatic carbocycles. The molecule has 108 valence electrons. The molecular formula is C15H26N2OS. The summed E-state index contributed by atoms with van der Waals surface area (Å²) in [7, 11) is 2.10. The molecule has 0 bridgehead atoms. The quantitative estimate of drug-likeness (QED) is 0.832. The summed E-state index contributed by atoms with van der Waals surface area (Å²) in [5, 5.41) is 9.40. The van der Waals surface area contributed by atoms with Crippen LogP contribution >= 0.6 is 11.8 Å². The van der Waals surface area contributed by atoms with Gasteiger partial charge >= 0.3 is 0 Å². The number of thioether (sulfide) groups is 1. The molecule has 0 aliphatic rings. The van der Waals surface area contributed by atoms with Gasteiger partial charge in [-0.1, -0.05) is 20.8 Å². The van der Waals surface area contributed by atoms with Crippen LogP contribution in [0.2, 0.25) is 0 Å². The van der Waals surface area contributed by atoms with Gasteiger partial charge in [0.15, 0.2) is 0 Å². The predicted molar refractivity (Wildman–Crippen MR) is 85.1 cm³/mol. The summed E-state index contributed by atoms with van der Waals surface area (Å²) in [4.78, 5) is 6.98. The summed E-state index contributed by atoms with van der Waals surface area (Å²) >= 11 is 1.86. The second-order valence-corrected chi connectivity index (χ2v) is 6.11. The minimum Gasteiger partial charge on any atom is -0.392 e. The zero-order chi connectivity index (χ0) is 14.4. The Morgan fingerprint density at radius 2 is 2.05 bits per heavy atom. The molecule has 1 heterocycles. The van der Waals surface area contributed by atoms with Gasteiger partial charge in [-0.3, -0.25) is 0 Å². The maximum absolute atomic E-state index is 9.40. The molecule has 1 N–H and O–H groups in total. The molecule has 0 spiro atoms. The van der Waals surface area contributed by atoms with Gasteiger partial charge in [-0.2, -0.15) is 11.8 Å². The van der Waals surface area contributed by atoms with E-state index in [1.807, 2.05) is 23.9 Å². The number of hydrogen-bond donors (Lipinski definition) is 1. The van der Waals surface area contributed by atoms with Crippen molar-refractivity contribution in [2.75, 3.05) is 24.0 Å². The van der Waals surface area contributed by atoms with Gasteiger partial charge in [0.2, 0.25) is 0 Å². The number of hydrogen-bond acceptors (Lipinski definition) is 4. The normalized spacial score (nSPS) is 12.8. The molecule has 0 saturated carbocycles. The van der Waals surface area contributed by atoms with E-state index in [0.29, 0.717) is 12.0 Å². The van der Waals surface area contributed by atoms with Crippen LogP contribution in [0.4, 0.5) is 5.82 Å². The Morgan fingerprint density at radius 1 is 1.37 bits per heavy atom. The molecule has 0 aliphatic heterocycles. The lowest BCUT2D eigenvalue weighted by Gasteiger charge is -2.28. The standard InChI is InChI=1S/C15H26N2OS/c1-6-13(10-19-5)17(4)15-8-12(9-18)7-14(16-15)11(2)3/h7-8,11,13,18H,6,9-10H2,1-5H3. The van der Waals surface area contributed by atoms with Gasteiger partial charge < -0.3 is 10.0 Å². The third-order valence-corrected chi connectivity index (χ3v) is 4.12. The van der Waals surface area contributed by atoms with Crippen molar-refractivity contribution in [1.82, 2.24) is 4.98 Å². The van der Waals surface area contributed by atoms with Crippen molar-refractivity contribution >= 4 is 17.6 Å². The maximum atomic E-state index is 9.40. The second-order valence-electron chi connectivity index (χ2n) is 5.20. The topological polar surface area (TPSA) is 36.4 Å². The van der Waals surface area contributed by atoms with Crippen LogP contribution in [0.15, 0.2) is 12.1 Å². The van der Waals surface area contributed by atoms with Gasteiger partial charge in [-0.25, -0.2) is 4.98 Å². The van der Waals surface area contributed by atoms with Gasteiger partial charge in [-0.05, 0) is 36.3 Å². The number of anilines is 1. The number of aromatic nitrogens is 1. The van der Waals surface area contributed by atoms with Crippen LogP contribution in [-0.2, 0) is 6.61 Å². The third-order valence-electron chi connectivity index (χ3n) is 3.40. The molecular weight excluding hydrogens is 256 g/mol. The first-order valence-corrected chi connectivity index (χ1v) is 8.26. The highest BCUT2D eigenvalue weighted by atomic mass is 32.2. The van der Waals surface area contributed by atoms with Crippen molar-refractivity contribution in [2.24, 2.45) is 0 Å². The first-order chi connectivity index (χ1) is 9.03. The monoisotopic (exact) mass is 282 g/mol. The van der Waals surface area contributed by atoms with E-state index in [1.165, 1.54) is 0 Å². The molecule has 0 radical (unpaired) electrons. The minimum atomic E-state index is 0.0718. The fraction of sp³-hybridized carbons (Fsp3) is 0.667. The SMILES string of the molecule is CCC(CSC)N(C)c1cc(CO)cc(C(C)C)n1. The van der Waals surface area contributed by atoms with Gasteiger partial charge in [0.1, 0.15) is 5.82 Å². The van der Waals surface area contributed by atoms with Crippen LogP contribution in [0.25, 0.3) is 0 Å². The number of rotatable bonds is 7. The molecule has 1 aromatic heterocycles. The van der Waals surface area contributed by atoms with E-state index in [-0.39, 0.29) is 6.61 Å². The zero-order valence-electron chi connectivity index (χ0n) is 12.7. The van der Waals surface area contributed by atoms with E-state index < -0.39 is 0 Å². The van der Waals surface area contributed by atoms with Crippen LogP contribution < -0.4 is 4.90 Å². The molecule has 3 nitrogen and oxygen atoms in total. The Morgan fingerprint density at radius 3 is 2.53 bits per heavy atom. The van der Waals surface area contributed by atoms with Crippen molar-refractivity contribution in [3.8, 4) is 0 Å². The molecule has 0 aromatic carbocycles. The van der Waals surface area contributed by atoms with Crippen LogP contribution in [0.3, 0.4) is 0 Å². The van der Waals surface area contributed by atoms with Gasteiger partial charge in [-0.15, -0.1) is 0 Å². The lowest BCUT2D eigenvalue weighted by atomic mass is 10.1. The van der Waals surface area contributed by atoms with Gasteiger partial charge in [0, 0.05) is 24.5 Å². The predicted octanol–water partition coefficient (Wildman–Crippen LogP) is 3.28. The number of aliphatic hydroxyl groups excluding tert-OH is 1. The molecule has 1 aromatic rings. The third kappa shape index (κ3) is 4.39. The van der Waals surface area contributed by atoms with Crippen LogP contribution in [0, 0.1) is 0 Å². The Labute approximate surface area is 121 Å². The molecule has 0 saturated heterocycles. The van der Waals surface area contributed by atoms with E-state index in [0.717, 1.165) is 29.2 Å². The van der Waals surface area contributed by atoms with E-state index in [4.69, 9.17) is 4.98 Å². The average Bonchev–Trinajstić information content (AvgIpc) is 2.43. The molecule has 4 heteroatoms. The molecule has 1 rings (SSSR count).